The van der Waals surface area contributed by atoms with Crippen LogP contribution in [-0.4, -0.2) is 36.7 Å². The van der Waals surface area contributed by atoms with Gasteiger partial charge in [0.25, 0.3) is 5.91 Å². The zero-order valence-corrected chi connectivity index (χ0v) is 12.4. The van der Waals surface area contributed by atoms with Crippen molar-refractivity contribution in [2.24, 2.45) is 0 Å². The summed E-state index contributed by atoms with van der Waals surface area (Å²) in [6.07, 6.45) is 6.79. The molecule has 0 saturated carbocycles. The van der Waals surface area contributed by atoms with Crippen LogP contribution >= 0.6 is 11.3 Å². The van der Waals surface area contributed by atoms with Gasteiger partial charge < -0.3 is 10.1 Å². The number of amides is 1. The van der Waals surface area contributed by atoms with Gasteiger partial charge in [-0.3, -0.25) is 10.1 Å². The zero-order chi connectivity index (χ0) is 13.8. The number of carbonyl (C=O) groups excluding carboxylic acids is 1. The Morgan fingerprint density at radius 1 is 1.35 bits per heavy atom. The van der Waals surface area contributed by atoms with E-state index in [1.54, 1.807) is 11.3 Å². The summed E-state index contributed by atoms with van der Waals surface area (Å²) in [4.78, 5) is 17.7. The first-order valence-electron chi connectivity index (χ1n) is 7.42. The van der Waals surface area contributed by atoms with E-state index in [2.05, 4.69) is 15.6 Å². The number of hydrogen-bond donors (Lipinski definition) is 2. The zero-order valence-electron chi connectivity index (χ0n) is 11.6. The highest BCUT2D eigenvalue weighted by atomic mass is 32.1. The highest BCUT2D eigenvalue weighted by molar-refractivity contribution is 7.15. The van der Waals surface area contributed by atoms with Gasteiger partial charge in [0.2, 0.25) is 0 Å². The van der Waals surface area contributed by atoms with Gasteiger partial charge in [-0.25, -0.2) is 4.98 Å². The van der Waals surface area contributed by atoms with Crippen LogP contribution in [0.15, 0.2) is 0 Å². The molecule has 6 heteroatoms. The fraction of sp³-hybridized carbons (Fsp3) is 0.714. The van der Waals surface area contributed by atoms with Crippen molar-refractivity contribution in [3.8, 4) is 0 Å². The highest BCUT2D eigenvalue weighted by Crippen LogP contribution is 2.29. The van der Waals surface area contributed by atoms with E-state index in [-0.39, 0.29) is 18.6 Å². The summed E-state index contributed by atoms with van der Waals surface area (Å²) in [5.41, 5.74) is 1.18. The number of aromatic nitrogens is 1. The van der Waals surface area contributed by atoms with Gasteiger partial charge in [0.15, 0.2) is 5.13 Å². The van der Waals surface area contributed by atoms with E-state index in [4.69, 9.17) is 4.74 Å². The van der Waals surface area contributed by atoms with E-state index in [1.807, 2.05) is 0 Å². The summed E-state index contributed by atoms with van der Waals surface area (Å²) in [6.45, 7) is 2.09. The van der Waals surface area contributed by atoms with Crippen LogP contribution in [0.1, 0.15) is 36.3 Å². The summed E-state index contributed by atoms with van der Waals surface area (Å²) >= 11 is 1.62. The Kier molecular flexibility index (Phi) is 4.65. The molecule has 0 aromatic carbocycles. The second-order valence-electron chi connectivity index (χ2n) is 5.40. The molecule has 5 nitrogen and oxygen atoms in total. The van der Waals surface area contributed by atoms with Crippen LogP contribution in [0, 0.1) is 0 Å². The van der Waals surface area contributed by atoms with Gasteiger partial charge in [0.05, 0.1) is 11.8 Å². The van der Waals surface area contributed by atoms with Gasteiger partial charge in [0.1, 0.15) is 6.61 Å². The monoisotopic (exact) mass is 295 g/mol. The van der Waals surface area contributed by atoms with Gasteiger partial charge in [-0.2, -0.15) is 0 Å². The Hall–Kier alpha value is -0.980. The molecular weight excluding hydrogens is 274 g/mol. The molecule has 110 valence electrons. The molecule has 2 heterocycles. The minimum absolute atomic E-state index is 0.0883. The molecule has 1 aromatic heterocycles. The molecule has 1 amide bonds. The number of carbonyl (C=O) groups is 1. The number of aryl methyl sites for hydroxylation is 2. The van der Waals surface area contributed by atoms with Crippen LogP contribution < -0.4 is 10.6 Å². The van der Waals surface area contributed by atoms with E-state index in [1.165, 1.54) is 23.4 Å². The first kappa shape index (κ1) is 14.0. The number of piperidine rings is 1. The van der Waals surface area contributed by atoms with Crippen molar-refractivity contribution >= 4 is 22.4 Å². The van der Waals surface area contributed by atoms with Crippen LogP contribution in [0.25, 0.3) is 0 Å². The quantitative estimate of drug-likeness (QED) is 0.888. The van der Waals surface area contributed by atoms with Gasteiger partial charge in [-0.15, -0.1) is 11.3 Å². The number of fused-ring (bicyclic) bond motifs is 1. The maximum atomic E-state index is 11.9. The predicted molar refractivity (Wildman–Crippen MR) is 79.2 cm³/mol. The van der Waals surface area contributed by atoms with Crippen molar-refractivity contribution in [3.63, 3.8) is 0 Å². The van der Waals surface area contributed by atoms with Crippen molar-refractivity contribution in [3.05, 3.63) is 10.6 Å². The average molecular weight is 295 g/mol. The van der Waals surface area contributed by atoms with Crippen molar-refractivity contribution in [2.75, 3.05) is 25.0 Å². The lowest BCUT2D eigenvalue weighted by molar-refractivity contribution is -0.123. The lowest BCUT2D eigenvalue weighted by Gasteiger charge is -2.22. The van der Waals surface area contributed by atoms with Crippen LogP contribution in [-0.2, 0) is 22.4 Å². The molecule has 0 spiro atoms. The molecular formula is C14H21N3O2S. The van der Waals surface area contributed by atoms with Gasteiger partial charge in [0, 0.05) is 4.88 Å². The highest BCUT2D eigenvalue weighted by Gasteiger charge is 2.18. The van der Waals surface area contributed by atoms with E-state index in [9.17, 15) is 4.79 Å². The summed E-state index contributed by atoms with van der Waals surface area (Å²) in [5, 5.41) is 6.88. The maximum Gasteiger partial charge on any atom is 0.252 e. The molecule has 0 radical (unpaired) electrons. The fourth-order valence-electron chi connectivity index (χ4n) is 2.72. The number of nitrogens with zero attached hydrogens (tertiary/aromatic N) is 1. The van der Waals surface area contributed by atoms with Gasteiger partial charge in [-0.1, -0.05) is 0 Å². The SMILES string of the molecule is O=C(COC1CCNCC1)Nc1nc2c(s1)CCCC2. The third-order valence-corrected chi connectivity index (χ3v) is 4.90. The third-order valence-electron chi connectivity index (χ3n) is 3.83. The molecule has 2 N–H and O–H groups in total. The maximum absolute atomic E-state index is 11.9. The second-order valence-corrected chi connectivity index (χ2v) is 6.49. The molecule has 1 fully saturated rings. The summed E-state index contributed by atoms with van der Waals surface area (Å²) in [5.74, 6) is -0.0883. The molecule has 0 bridgehead atoms. The fourth-order valence-corrected chi connectivity index (χ4v) is 3.78. The Bertz CT molecular complexity index is 445. The van der Waals surface area contributed by atoms with E-state index >= 15 is 0 Å². The summed E-state index contributed by atoms with van der Waals surface area (Å²) in [7, 11) is 0. The van der Waals surface area contributed by atoms with Gasteiger partial charge in [-0.05, 0) is 51.6 Å². The Balaban J connectivity index is 1.47. The normalized spacial score (nSPS) is 19.6. The topological polar surface area (TPSA) is 63.2 Å². The van der Waals surface area contributed by atoms with Crippen molar-refractivity contribution in [1.29, 1.82) is 0 Å². The molecule has 0 atom stereocenters. The Labute approximate surface area is 123 Å². The minimum Gasteiger partial charge on any atom is -0.368 e. The number of hydrogen-bond acceptors (Lipinski definition) is 5. The largest absolute Gasteiger partial charge is 0.368 e. The summed E-state index contributed by atoms with van der Waals surface area (Å²) < 4.78 is 5.64. The smallest absolute Gasteiger partial charge is 0.252 e. The number of rotatable bonds is 4. The first-order valence-corrected chi connectivity index (χ1v) is 8.23. The molecule has 2 aliphatic rings. The minimum atomic E-state index is -0.0883. The number of nitrogens with one attached hydrogen (secondary N) is 2. The lowest BCUT2D eigenvalue weighted by Crippen LogP contribution is -2.34. The van der Waals surface area contributed by atoms with Crippen molar-refractivity contribution in [1.82, 2.24) is 10.3 Å². The molecule has 0 unspecified atom stereocenters. The first-order chi connectivity index (χ1) is 9.81. The lowest BCUT2D eigenvalue weighted by atomic mass is 10.0. The van der Waals surface area contributed by atoms with Crippen LogP contribution in [0.4, 0.5) is 5.13 Å². The number of thiazole rings is 1. The van der Waals surface area contributed by atoms with E-state index < -0.39 is 0 Å². The van der Waals surface area contributed by atoms with Crippen LogP contribution in [0.3, 0.4) is 0 Å². The molecule has 1 aliphatic carbocycles. The standard InChI is InChI=1S/C14H21N3O2S/c18-13(9-19-10-5-7-15-8-6-10)17-14-16-11-3-1-2-4-12(11)20-14/h10,15H,1-9H2,(H,16,17,18). The van der Waals surface area contributed by atoms with E-state index in [0.717, 1.165) is 43.9 Å². The third kappa shape index (κ3) is 3.56. The second kappa shape index (κ2) is 6.65. The number of anilines is 1. The van der Waals surface area contributed by atoms with E-state index in [0.29, 0.717) is 0 Å². The Morgan fingerprint density at radius 3 is 2.95 bits per heavy atom. The average Bonchev–Trinajstić information content (AvgIpc) is 2.88. The molecule has 3 rings (SSSR count). The van der Waals surface area contributed by atoms with Crippen LogP contribution in [0.5, 0.6) is 0 Å². The van der Waals surface area contributed by atoms with Crippen molar-refractivity contribution < 1.29 is 9.53 Å². The molecule has 1 aromatic rings. The number of ether oxygens (including phenoxy) is 1. The molecule has 20 heavy (non-hydrogen) atoms. The van der Waals surface area contributed by atoms with Crippen LogP contribution in [0.2, 0.25) is 0 Å². The molecule has 1 saturated heterocycles. The predicted octanol–water partition coefficient (Wildman–Crippen LogP) is 1.73. The summed E-state index contributed by atoms with van der Waals surface area (Å²) in [6, 6.07) is 0. The Morgan fingerprint density at radius 2 is 2.15 bits per heavy atom. The van der Waals surface area contributed by atoms with Gasteiger partial charge >= 0.3 is 0 Å². The molecule has 1 aliphatic heterocycles. The van der Waals surface area contributed by atoms with Crippen molar-refractivity contribution in [2.45, 2.75) is 44.6 Å².